The van der Waals surface area contributed by atoms with Gasteiger partial charge in [0.2, 0.25) is 5.91 Å². The molecule has 3 amide bonds. The van der Waals surface area contributed by atoms with E-state index in [1.54, 1.807) is 55.3 Å². The molecule has 1 saturated heterocycles. The fourth-order valence-electron chi connectivity index (χ4n) is 3.58. The van der Waals surface area contributed by atoms with Crippen LogP contribution >= 0.6 is 11.3 Å². The second-order valence-corrected chi connectivity index (χ2v) is 8.55. The van der Waals surface area contributed by atoms with Crippen LogP contribution in [0.5, 0.6) is 0 Å². The van der Waals surface area contributed by atoms with Crippen molar-refractivity contribution in [2.24, 2.45) is 5.92 Å². The van der Waals surface area contributed by atoms with Crippen molar-refractivity contribution in [1.29, 1.82) is 0 Å². The van der Waals surface area contributed by atoms with Crippen molar-refractivity contribution in [2.75, 3.05) is 38.6 Å². The average Bonchev–Trinajstić information content (AvgIpc) is 3.34. The van der Waals surface area contributed by atoms with E-state index < -0.39 is 0 Å². The summed E-state index contributed by atoms with van der Waals surface area (Å²) in [6.45, 7) is 2.84. The number of piperidine rings is 1. The Morgan fingerprint density at radius 1 is 1.22 bits per heavy atom. The number of carbonyl (C=O) groups is 4. The zero-order valence-corrected chi connectivity index (χ0v) is 19.0. The van der Waals surface area contributed by atoms with Crippen LogP contribution in [0.15, 0.2) is 41.8 Å². The molecule has 0 radical (unpaired) electrons. The van der Waals surface area contributed by atoms with Crippen molar-refractivity contribution >= 4 is 40.7 Å². The number of amides is 3. The highest BCUT2D eigenvalue weighted by Gasteiger charge is 2.30. The van der Waals surface area contributed by atoms with Gasteiger partial charge in [-0.1, -0.05) is 12.1 Å². The fourth-order valence-corrected chi connectivity index (χ4v) is 4.20. The minimum atomic E-state index is -0.329. The third-order valence-electron chi connectivity index (χ3n) is 5.23. The van der Waals surface area contributed by atoms with E-state index in [9.17, 15) is 19.2 Å². The second kappa shape index (κ2) is 10.9. The summed E-state index contributed by atoms with van der Waals surface area (Å²) in [7, 11) is 1.56. The van der Waals surface area contributed by atoms with Gasteiger partial charge in [-0.05, 0) is 49.4 Å². The summed E-state index contributed by atoms with van der Waals surface area (Å²) >= 11 is 1.33. The van der Waals surface area contributed by atoms with E-state index in [0.29, 0.717) is 42.2 Å². The first-order valence-electron chi connectivity index (χ1n) is 10.5. The highest BCUT2D eigenvalue weighted by atomic mass is 32.1. The van der Waals surface area contributed by atoms with Gasteiger partial charge in [0, 0.05) is 31.4 Å². The minimum absolute atomic E-state index is 0.0971. The molecule has 1 unspecified atom stereocenters. The Balaban J connectivity index is 1.58. The molecule has 1 aromatic carbocycles. The highest BCUT2D eigenvalue weighted by molar-refractivity contribution is 7.12. The van der Waals surface area contributed by atoms with Crippen molar-refractivity contribution in [3.8, 4) is 0 Å². The Kier molecular flexibility index (Phi) is 7.99. The third kappa shape index (κ3) is 5.94. The summed E-state index contributed by atoms with van der Waals surface area (Å²) in [5.74, 6) is -1.39. The molecule has 3 rings (SSSR count). The smallest absolute Gasteiger partial charge is 0.310 e. The molecule has 2 aromatic rings. The number of thiophene rings is 1. The monoisotopic (exact) mass is 457 g/mol. The van der Waals surface area contributed by atoms with Crippen molar-refractivity contribution in [2.45, 2.75) is 19.8 Å². The molecule has 0 spiro atoms. The molecule has 1 aromatic heterocycles. The van der Waals surface area contributed by atoms with Gasteiger partial charge in [0.25, 0.3) is 11.8 Å². The molecule has 1 fully saturated rings. The summed E-state index contributed by atoms with van der Waals surface area (Å²) in [6.07, 6.45) is 1.42. The van der Waals surface area contributed by atoms with Crippen LogP contribution in [0, 0.1) is 5.92 Å². The zero-order chi connectivity index (χ0) is 23.1. The topological polar surface area (TPSA) is 96.0 Å². The average molecular weight is 458 g/mol. The van der Waals surface area contributed by atoms with E-state index in [1.165, 1.54) is 16.2 Å². The van der Waals surface area contributed by atoms with Gasteiger partial charge in [0.05, 0.1) is 23.9 Å². The van der Waals surface area contributed by atoms with Gasteiger partial charge in [-0.25, -0.2) is 0 Å². The Morgan fingerprint density at radius 3 is 2.75 bits per heavy atom. The molecule has 1 aliphatic heterocycles. The first-order chi connectivity index (χ1) is 15.4. The molecule has 2 heterocycles. The molecule has 9 heteroatoms. The van der Waals surface area contributed by atoms with Crippen molar-refractivity contribution < 1.29 is 23.9 Å². The van der Waals surface area contributed by atoms with Gasteiger partial charge in [-0.2, -0.15) is 0 Å². The number of likely N-dealkylation sites (tertiary alicyclic amines) is 1. The lowest BCUT2D eigenvalue weighted by Crippen LogP contribution is -2.47. The number of nitrogens with one attached hydrogen (secondary N) is 1. The standard InChI is InChI=1S/C23H27N3O5S/c1-3-31-23(30)17-8-5-11-26(14-17)20(27)15-25(2)22(29)16-7-4-9-18(13-16)24-21(28)19-10-6-12-32-19/h4,6-7,9-10,12-13,17H,3,5,8,11,14-15H2,1-2H3,(H,24,28). The van der Waals surface area contributed by atoms with E-state index in [2.05, 4.69) is 5.32 Å². The number of likely N-dealkylation sites (N-methyl/N-ethyl adjacent to an activating group) is 1. The lowest BCUT2D eigenvalue weighted by Gasteiger charge is -2.32. The number of rotatable bonds is 7. The Labute approximate surface area is 191 Å². The van der Waals surface area contributed by atoms with Gasteiger partial charge in [-0.15, -0.1) is 11.3 Å². The van der Waals surface area contributed by atoms with Crippen LogP contribution in [0.25, 0.3) is 0 Å². The number of ether oxygens (including phenoxy) is 1. The molecule has 170 valence electrons. The van der Waals surface area contributed by atoms with Gasteiger partial charge in [-0.3, -0.25) is 19.2 Å². The lowest BCUT2D eigenvalue weighted by molar-refractivity contribution is -0.151. The van der Waals surface area contributed by atoms with Gasteiger partial charge in [0.15, 0.2) is 0 Å². The van der Waals surface area contributed by atoms with Crippen LogP contribution in [-0.2, 0) is 14.3 Å². The predicted octanol–water partition coefficient (Wildman–Crippen LogP) is 2.87. The molecule has 0 aliphatic carbocycles. The molecule has 0 bridgehead atoms. The normalized spacial score (nSPS) is 15.7. The van der Waals surface area contributed by atoms with Gasteiger partial charge < -0.3 is 19.9 Å². The summed E-state index contributed by atoms with van der Waals surface area (Å²) in [6, 6.07) is 10.1. The zero-order valence-electron chi connectivity index (χ0n) is 18.2. The fraction of sp³-hybridized carbons (Fsp3) is 0.391. The van der Waals surface area contributed by atoms with Crippen LogP contribution in [0.2, 0.25) is 0 Å². The quantitative estimate of drug-likeness (QED) is 0.645. The molecule has 8 nitrogen and oxygen atoms in total. The first kappa shape index (κ1) is 23.5. The van der Waals surface area contributed by atoms with E-state index >= 15 is 0 Å². The maximum Gasteiger partial charge on any atom is 0.310 e. The molecule has 32 heavy (non-hydrogen) atoms. The number of benzene rings is 1. The van der Waals surface area contributed by atoms with Crippen LogP contribution in [0.1, 0.15) is 39.8 Å². The third-order valence-corrected chi connectivity index (χ3v) is 6.09. The molecule has 1 N–H and O–H groups in total. The highest BCUT2D eigenvalue weighted by Crippen LogP contribution is 2.19. The van der Waals surface area contributed by atoms with Crippen molar-refractivity contribution in [3.05, 3.63) is 52.2 Å². The van der Waals surface area contributed by atoms with Crippen molar-refractivity contribution in [3.63, 3.8) is 0 Å². The molecule has 1 aliphatic rings. The van der Waals surface area contributed by atoms with Crippen LogP contribution < -0.4 is 5.32 Å². The Hall–Kier alpha value is -3.20. The van der Waals surface area contributed by atoms with Crippen LogP contribution in [0.3, 0.4) is 0 Å². The summed E-state index contributed by atoms with van der Waals surface area (Å²) in [5.41, 5.74) is 0.870. The second-order valence-electron chi connectivity index (χ2n) is 7.60. The summed E-state index contributed by atoms with van der Waals surface area (Å²) < 4.78 is 5.08. The first-order valence-corrected chi connectivity index (χ1v) is 11.4. The summed E-state index contributed by atoms with van der Waals surface area (Å²) in [5, 5.41) is 4.60. The summed E-state index contributed by atoms with van der Waals surface area (Å²) in [4.78, 5) is 53.4. The number of hydrogen-bond donors (Lipinski definition) is 1. The maximum absolute atomic E-state index is 12.9. The molecule has 1 atom stereocenters. The SMILES string of the molecule is CCOC(=O)C1CCCN(C(=O)CN(C)C(=O)c2cccc(NC(=O)c3cccs3)c2)C1. The van der Waals surface area contributed by atoms with E-state index in [1.807, 2.05) is 5.38 Å². The largest absolute Gasteiger partial charge is 0.466 e. The molecular formula is C23H27N3O5S. The Bertz CT molecular complexity index is 976. The van der Waals surface area contributed by atoms with Gasteiger partial charge >= 0.3 is 5.97 Å². The number of esters is 1. The van der Waals surface area contributed by atoms with E-state index in [0.717, 1.165) is 6.42 Å². The number of anilines is 1. The number of nitrogens with zero attached hydrogens (tertiary/aromatic N) is 2. The van der Waals surface area contributed by atoms with E-state index in [-0.39, 0.29) is 36.2 Å². The lowest BCUT2D eigenvalue weighted by atomic mass is 9.98. The van der Waals surface area contributed by atoms with E-state index in [4.69, 9.17) is 4.74 Å². The van der Waals surface area contributed by atoms with Gasteiger partial charge in [0.1, 0.15) is 0 Å². The predicted molar refractivity (Wildman–Crippen MR) is 122 cm³/mol. The molecule has 0 saturated carbocycles. The van der Waals surface area contributed by atoms with Crippen LogP contribution in [-0.4, -0.2) is 66.8 Å². The van der Waals surface area contributed by atoms with Crippen molar-refractivity contribution in [1.82, 2.24) is 9.80 Å². The minimum Gasteiger partial charge on any atom is -0.466 e. The van der Waals surface area contributed by atoms with Crippen LogP contribution in [0.4, 0.5) is 5.69 Å². The molecular weight excluding hydrogens is 430 g/mol. The number of hydrogen-bond acceptors (Lipinski definition) is 6. The Morgan fingerprint density at radius 2 is 2.03 bits per heavy atom. The maximum atomic E-state index is 12.9. The number of carbonyl (C=O) groups excluding carboxylic acids is 4.